The third-order valence-corrected chi connectivity index (χ3v) is 5.08. The van der Waals surface area contributed by atoms with E-state index < -0.39 is 0 Å². The quantitative estimate of drug-likeness (QED) is 0.840. The van der Waals surface area contributed by atoms with Crippen molar-refractivity contribution in [1.29, 1.82) is 5.26 Å². The molecule has 0 spiro atoms. The van der Waals surface area contributed by atoms with Gasteiger partial charge in [0, 0.05) is 50.6 Å². The fraction of sp³-hybridized carbons (Fsp3) is 0.588. The first-order valence-electron chi connectivity index (χ1n) is 7.97. The molecule has 2 saturated heterocycles. The largest absolute Gasteiger partial charge is 0.381 e. The Labute approximate surface area is 137 Å². The first-order valence-corrected chi connectivity index (χ1v) is 8.35. The number of benzene rings is 1. The Balaban J connectivity index is 1.67. The van der Waals surface area contributed by atoms with Gasteiger partial charge in [0.2, 0.25) is 0 Å². The minimum Gasteiger partial charge on any atom is -0.381 e. The lowest BCUT2D eigenvalue weighted by molar-refractivity contribution is 0.0280. The van der Waals surface area contributed by atoms with Crippen molar-refractivity contribution >= 4 is 17.3 Å². The summed E-state index contributed by atoms with van der Waals surface area (Å²) in [6, 6.07) is 8.97. The third kappa shape index (κ3) is 3.22. The summed E-state index contributed by atoms with van der Waals surface area (Å²) < 4.78 is 5.46. The van der Waals surface area contributed by atoms with Crippen molar-refractivity contribution in [2.75, 3.05) is 37.7 Å². The van der Waals surface area contributed by atoms with Crippen molar-refractivity contribution in [1.82, 2.24) is 4.90 Å². The van der Waals surface area contributed by atoms with Crippen LogP contribution >= 0.6 is 11.6 Å². The standard InChI is InChI=1S/C17H22ClN3O/c1-13-12-20(15-4-8-22-9-5-15)6-7-21(13)16-3-2-14(11-19)17(18)10-16/h2-3,10,13,15H,4-9,12H2,1H3/t13-/m1/s1. The van der Waals surface area contributed by atoms with E-state index in [1.807, 2.05) is 18.2 Å². The predicted octanol–water partition coefficient (Wildman–Crippen LogP) is 2.90. The molecule has 22 heavy (non-hydrogen) atoms. The normalized spacial score (nSPS) is 24.2. The Bertz CT molecular complexity index is 566. The number of anilines is 1. The molecular formula is C17H22ClN3O. The van der Waals surface area contributed by atoms with E-state index in [-0.39, 0.29) is 0 Å². The molecule has 1 aromatic carbocycles. The number of ether oxygens (including phenoxy) is 1. The number of nitriles is 1. The number of nitrogens with zero attached hydrogens (tertiary/aromatic N) is 3. The molecule has 1 atom stereocenters. The topological polar surface area (TPSA) is 39.5 Å². The third-order valence-electron chi connectivity index (χ3n) is 4.77. The van der Waals surface area contributed by atoms with E-state index in [9.17, 15) is 0 Å². The highest BCUT2D eigenvalue weighted by Gasteiger charge is 2.29. The molecule has 0 bridgehead atoms. The van der Waals surface area contributed by atoms with Crippen LogP contribution in [0.3, 0.4) is 0 Å². The second-order valence-electron chi connectivity index (χ2n) is 6.16. The average Bonchev–Trinajstić information content (AvgIpc) is 2.55. The second kappa shape index (κ2) is 6.87. The summed E-state index contributed by atoms with van der Waals surface area (Å²) in [5.41, 5.74) is 1.65. The zero-order valence-electron chi connectivity index (χ0n) is 13.0. The van der Waals surface area contributed by atoms with Crippen LogP contribution in [0.25, 0.3) is 0 Å². The van der Waals surface area contributed by atoms with Gasteiger partial charge in [-0.05, 0) is 38.0 Å². The molecule has 3 rings (SSSR count). The van der Waals surface area contributed by atoms with Gasteiger partial charge in [-0.25, -0.2) is 0 Å². The van der Waals surface area contributed by atoms with Gasteiger partial charge in [-0.3, -0.25) is 4.90 Å². The van der Waals surface area contributed by atoms with E-state index in [4.69, 9.17) is 21.6 Å². The molecule has 2 aliphatic rings. The molecule has 2 fully saturated rings. The summed E-state index contributed by atoms with van der Waals surface area (Å²) >= 11 is 6.17. The summed E-state index contributed by atoms with van der Waals surface area (Å²) in [6.45, 7) is 7.20. The SMILES string of the molecule is C[C@@H]1CN(C2CCOCC2)CCN1c1ccc(C#N)c(Cl)c1. The summed E-state index contributed by atoms with van der Waals surface area (Å²) in [5.74, 6) is 0. The molecule has 4 nitrogen and oxygen atoms in total. The Hall–Kier alpha value is -1.28. The van der Waals surface area contributed by atoms with Gasteiger partial charge in [-0.15, -0.1) is 0 Å². The van der Waals surface area contributed by atoms with Crippen LogP contribution in [0.5, 0.6) is 0 Å². The maximum absolute atomic E-state index is 8.99. The molecule has 2 heterocycles. The summed E-state index contributed by atoms with van der Waals surface area (Å²) in [4.78, 5) is 5.00. The molecule has 0 unspecified atom stereocenters. The Morgan fingerprint density at radius 2 is 2.05 bits per heavy atom. The van der Waals surface area contributed by atoms with Gasteiger partial charge >= 0.3 is 0 Å². The van der Waals surface area contributed by atoms with Crippen LogP contribution in [0, 0.1) is 11.3 Å². The van der Waals surface area contributed by atoms with Crippen molar-refractivity contribution < 1.29 is 4.74 Å². The van der Waals surface area contributed by atoms with E-state index in [1.54, 1.807) is 0 Å². The van der Waals surface area contributed by atoms with Crippen molar-refractivity contribution in [2.45, 2.75) is 31.8 Å². The van der Waals surface area contributed by atoms with Crippen LogP contribution in [0.4, 0.5) is 5.69 Å². The van der Waals surface area contributed by atoms with Gasteiger partial charge in [-0.1, -0.05) is 11.6 Å². The Morgan fingerprint density at radius 3 is 2.68 bits per heavy atom. The molecule has 0 radical (unpaired) electrons. The minimum atomic E-state index is 0.445. The highest BCUT2D eigenvalue weighted by molar-refractivity contribution is 6.32. The molecule has 2 aliphatic heterocycles. The van der Waals surface area contributed by atoms with E-state index in [0.29, 0.717) is 22.7 Å². The summed E-state index contributed by atoms with van der Waals surface area (Å²) in [5, 5.41) is 9.53. The van der Waals surface area contributed by atoms with Crippen molar-refractivity contribution in [3.63, 3.8) is 0 Å². The molecule has 118 valence electrons. The highest BCUT2D eigenvalue weighted by atomic mass is 35.5. The Morgan fingerprint density at radius 1 is 1.27 bits per heavy atom. The lowest BCUT2D eigenvalue weighted by atomic mass is 10.0. The number of piperazine rings is 1. The number of rotatable bonds is 2. The van der Waals surface area contributed by atoms with Crippen LogP contribution in [0.15, 0.2) is 18.2 Å². The number of halogens is 1. The van der Waals surface area contributed by atoms with Crippen LogP contribution < -0.4 is 4.90 Å². The average molecular weight is 320 g/mol. The van der Waals surface area contributed by atoms with Gasteiger partial charge in [0.15, 0.2) is 0 Å². The number of hydrogen-bond donors (Lipinski definition) is 0. The molecular weight excluding hydrogens is 298 g/mol. The van der Waals surface area contributed by atoms with Crippen molar-refractivity contribution in [3.05, 3.63) is 28.8 Å². The van der Waals surface area contributed by atoms with Crippen LogP contribution in [0.1, 0.15) is 25.3 Å². The molecule has 0 amide bonds. The smallest absolute Gasteiger partial charge is 0.101 e. The van der Waals surface area contributed by atoms with E-state index in [0.717, 1.165) is 51.4 Å². The fourth-order valence-electron chi connectivity index (χ4n) is 3.52. The van der Waals surface area contributed by atoms with Crippen LogP contribution in [-0.4, -0.2) is 49.8 Å². The number of hydrogen-bond acceptors (Lipinski definition) is 4. The van der Waals surface area contributed by atoms with Gasteiger partial charge in [0.1, 0.15) is 6.07 Å². The fourth-order valence-corrected chi connectivity index (χ4v) is 3.74. The lowest BCUT2D eigenvalue weighted by Crippen LogP contribution is -2.55. The first-order chi connectivity index (χ1) is 10.7. The molecule has 0 aliphatic carbocycles. The van der Waals surface area contributed by atoms with Crippen molar-refractivity contribution in [2.24, 2.45) is 0 Å². The predicted molar refractivity (Wildman–Crippen MR) is 88.4 cm³/mol. The summed E-state index contributed by atoms with van der Waals surface area (Å²) in [7, 11) is 0. The minimum absolute atomic E-state index is 0.445. The lowest BCUT2D eigenvalue weighted by Gasteiger charge is -2.45. The zero-order chi connectivity index (χ0) is 15.5. The summed E-state index contributed by atoms with van der Waals surface area (Å²) in [6.07, 6.45) is 2.30. The Kier molecular flexibility index (Phi) is 4.87. The molecule has 1 aromatic rings. The molecule has 0 N–H and O–H groups in total. The van der Waals surface area contributed by atoms with Crippen LogP contribution in [-0.2, 0) is 4.74 Å². The van der Waals surface area contributed by atoms with E-state index >= 15 is 0 Å². The molecule has 0 saturated carbocycles. The second-order valence-corrected chi connectivity index (χ2v) is 6.56. The molecule has 5 heteroatoms. The molecule has 0 aromatic heterocycles. The van der Waals surface area contributed by atoms with Gasteiger partial charge in [-0.2, -0.15) is 5.26 Å². The maximum Gasteiger partial charge on any atom is 0.101 e. The van der Waals surface area contributed by atoms with Gasteiger partial charge in [0.05, 0.1) is 10.6 Å². The zero-order valence-corrected chi connectivity index (χ0v) is 13.7. The highest BCUT2D eigenvalue weighted by Crippen LogP contribution is 2.27. The van der Waals surface area contributed by atoms with Gasteiger partial charge < -0.3 is 9.64 Å². The monoisotopic (exact) mass is 319 g/mol. The van der Waals surface area contributed by atoms with Crippen molar-refractivity contribution in [3.8, 4) is 6.07 Å². The van der Waals surface area contributed by atoms with Crippen LogP contribution in [0.2, 0.25) is 5.02 Å². The van der Waals surface area contributed by atoms with E-state index in [2.05, 4.69) is 22.8 Å². The van der Waals surface area contributed by atoms with Gasteiger partial charge in [0.25, 0.3) is 0 Å². The van der Waals surface area contributed by atoms with E-state index in [1.165, 1.54) is 0 Å². The maximum atomic E-state index is 8.99. The first kappa shape index (κ1) is 15.6.